The van der Waals surface area contributed by atoms with Crippen LogP contribution in [-0.2, 0) is 0 Å². The Balaban J connectivity index is 2.07. The average Bonchev–Trinajstić information content (AvgIpc) is 2.16. The Bertz CT molecular complexity index is 121. The van der Waals surface area contributed by atoms with Crippen molar-refractivity contribution in [3.63, 3.8) is 0 Å². The van der Waals surface area contributed by atoms with Gasteiger partial charge in [-0.25, -0.2) is 0 Å². The quantitative estimate of drug-likeness (QED) is 0.734. The van der Waals surface area contributed by atoms with E-state index in [1.807, 2.05) is 0 Å². The maximum Gasteiger partial charge on any atom is 0.00852 e. The van der Waals surface area contributed by atoms with Gasteiger partial charge in [-0.3, -0.25) is 0 Å². The molecule has 0 saturated carbocycles. The Hall–Kier alpha value is 0.310. The number of unbranched alkanes of at least 4 members (excludes halogenated alkanes) is 1. The molecule has 0 aromatic carbocycles. The zero-order chi connectivity index (χ0) is 9.52. The highest BCUT2D eigenvalue weighted by Crippen LogP contribution is 2.17. The van der Waals surface area contributed by atoms with Crippen molar-refractivity contribution in [1.82, 2.24) is 5.32 Å². The molecule has 1 heterocycles. The molecule has 1 N–H and O–H groups in total. The van der Waals surface area contributed by atoms with Crippen LogP contribution in [0.5, 0.6) is 0 Å². The minimum absolute atomic E-state index is 0.730. The number of hydrogen-bond donors (Lipinski definition) is 1. The first kappa shape index (κ1) is 11.4. The Labute approximate surface area is 87.1 Å². The highest BCUT2D eigenvalue weighted by atomic mass is 32.2. The first-order valence-electron chi connectivity index (χ1n) is 5.66. The van der Waals surface area contributed by atoms with Gasteiger partial charge in [0.2, 0.25) is 0 Å². The van der Waals surface area contributed by atoms with Crippen LogP contribution in [0, 0.1) is 0 Å². The van der Waals surface area contributed by atoms with Crippen LogP contribution in [0.1, 0.15) is 46.0 Å². The highest BCUT2D eigenvalue weighted by molar-refractivity contribution is 7.99. The van der Waals surface area contributed by atoms with E-state index < -0.39 is 0 Å². The summed E-state index contributed by atoms with van der Waals surface area (Å²) in [5.74, 6) is 2.72. The first-order chi connectivity index (χ1) is 6.33. The van der Waals surface area contributed by atoms with Gasteiger partial charge in [0.15, 0.2) is 0 Å². The molecule has 0 radical (unpaired) electrons. The second-order valence-electron chi connectivity index (χ2n) is 4.10. The fourth-order valence-corrected chi connectivity index (χ4v) is 2.97. The molecule has 1 rings (SSSR count). The summed E-state index contributed by atoms with van der Waals surface area (Å²) in [6, 6.07) is 1.54. The van der Waals surface area contributed by atoms with Crippen LogP contribution in [-0.4, -0.2) is 23.6 Å². The largest absolute Gasteiger partial charge is 0.311 e. The molecule has 0 spiro atoms. The lowest BCUT2D eigenvalue weighted by molar-refractivity contribution is 0.401. The van der Waals surface area contributed by atoms with Gasteiger partial charge in [-0.15, -0.1) is 0 Å². The van der Waals surface area contributed by atoms with Crippen molar-refractivity contribution in [3.05, 3.63) is 0 Å². The molecular weight excluding hydrogens is 178 g/mol. The lowest BCUT2D eigenvalue weighted by Crippen LogP contribution is -2.38. The third-order valence-corrected chi connectivity index (χ3v) is 3.78. The second-order valence-corrected chi connectivity index (χ2v) is 5.32. The SMILES string of the molecule is CCCCC(C)NC1CCSCC1. The zero-order valence-electron chi connectivity index (χ0n) is 9.01. The van der Waals surface area contributed by atoms with E-state index in [0.29, 0.717) is 0 Å². The molecule has 1 atom stereocenters. The Kier molecular flexibility index (Phi) is 5.88. The molecule has 1 saturated heterocycles. The van der Waals surface area contributed by atoms with Crippen molar-refractivity contribution < 1.29 is 0 Å². The van der Waals surface area contributed by atoms with E-state index in [0.717, 1.165) is 12.1 Å². The summed E-state index contributed by atoms with van der Waals surface area (Å²) in [5.41, 5.74) is 0. The third kappa shape index (κ3) is 4.92. The van der Waals surface area contributed by atoms with Crippen molar-refractivity contribution in [2.24, 2.45) is 0 Å². The Morgan fingerprint density at radius 2 is 2.08 bits per heavy atom. The molecular formula is C11H23NS. The number of rotatable bonds is 5. The minimum atomic E-state index is 0.730. The van der Waals surface area contributed by atoms with Gasteiger partial charge >= 0.3 is 0 Å². The van der Waals surface area contributed by atoms with Crippen LogP contribution < -0.4 is 5.32 Å². The van der Waals surface area contributed by atoms with Gasteiger partial charge in [0.1, 0.15) is 0 Å². The Morgan fingerprint density at radius 3 is 2.69 bits per heavy atom. The minimum Gasteiger partial charge on any atom is -0.311 e. The summed E-state index contributed by atoms with van der Waals surface area (Å²) in [6.45, 7) is 4.60. The molecule has 1 aliphatic heterocycles. The van der Waals surface area contributed by atoms with Gasteiger partial charge in [-0.1, -0.05) is 19.8 Å². The molecule has 1 fully saturated rings. The van der Waals surface area contributed by atoms with E-state index in [4.69, 9.17) is 0 Å². The van der Waals surface area contributed by atoms with Gasteiger partial charge in [0.05, 0.1) is 0 Å². The van der Waals surface area contributed by atoms with Crippen molar-refractivity contribution in [2.45, 2.75) is 58.0 Å². The standard InChI is InChI=1S/C11H23NS/c1-3-4-5-10(2)12-11-6-8-13-9-7-11/h10-12H,3-9H2,1-2H3. The predicted octanol–water partition coefficient (Wildman–Crippen LogP) is 3.05. The van der Waals surface area contributed by atoms with Crippen molar-refractivity contribution in [1.29, 1.82) is 0 Å². The van der Waals surface area contributed by atoms with Crippen LogP contribution in [0.25, 0.3) is 0 Å². The molecule has 1 unspecified atom stereocenters. The van der Waals surface area contributed by atoms with Crippen molar-refractivity contribution in [3.8, 4) is 0 Å². The average molecular weight is 201 g/mol. The van der Waals surface area contributed by atoms with Gasteiger partial charge in [0.25, 0.3) is 0 Å². The number of thioether (sulfide) groups is 1. The fraction of sp³-hybridized carbons (Fsp3) is 1.00. The Morgan fingerprint density at radius 1 is 1.38 bits per heavy atom. The van der Waals surface area contributed by atoms with E-state index in [1.54, 1.807) is 0 Å². The maximum atomic E-state index is 3.74. The van der Waals surface area contributed by atoms with E-state index in [9.17, 15) is 0 Å². The normalized spacial score (nSPS) is 21.7. The molecule has 0 aliphatic carbocycles. The lowest BCUT2D eigenvalue weighted by Gasteiger charge is -2.26. The van der Waals surface area contributed by atoms with Crippen LogP contribution in [0.15, 0.2) is 0 Å². The first-order valence-corrected chi connectivity index (χ1v) is 6.82. The summed E-state index contributed by atoms with van der Waals surface area (Å²) in [6.07, 6.45) is 6.80. The maximum absolute atomic E-state index is 3.74. The molecule has 0 aromatic rings. The highest BCUT2D eigenvalue weighted by Gasteiger charge is 2.14. The molecule has 1 nitrogen and oxygen atoms in total. The van der Waals surface area contributed by atoms with Gasteiger partial charge in [0, 0.05) is 12.1 Å². The number of nitrogens with one attached hydrogen (secondary N) is 1. The smallest absolute Gasteiger partial charge is 0.00852 e. The monoisotopic (exact) mass is 201 g/mol. The van der Waals surface area contributed by atoms with Crippen LogP contribution in [0.3, 0.4) is 0 Å². The molecule has 2 heteroatoms. The summed E-state index contributed by atoms with van der Waals surface area (Å²) in [5, 5.41) is 3.74. The van der Waals surface area contributed by atoms with Gasteiger partial charge in [-0.05, 0) is 37.7 Å². The van der Waals surface area contributed by atoms with Crippen LogP contribution >= 0.6 is 11.8 Å². The van der Waals surface area contributed by atoms with Gasteiger partial charge < -0.3 is 5.32 Å². The van der Waals surface area contributed by atoms with Crippen molar-refractivity contribution >= 4 is 11.8 Å². The topological polar surface area (TPSA) is 12.0 Å². The van der Waals surface area contributed by atoms with E-state index in [-0.39, 0.29) is 0 Å². The van der Waals surface area contributed by atoms with Gasteiger partial charge in [-0.2, -0.15) is 11.8 Å². The molecule has 13 heavy (non-hydrogen) atoms. The molecule has 78 valence electrons. The molecule has 0 amide bonds. The lowest BCUT2D eigenvalue weighted by atomic mass is 10.1. The van der Waals surface area contributed by atoms with E-state index >= 15 is 0 Å². The van der Waals surface area contributed by atoms with Crippen LogP contribution in [0.4, 0.5) is 0 Å². The molecule has 0 bridgehead atoms. The summed E-state index contributed by atoms with van der Waals surface area (Å²) < 4.78 is 0. The zero-order valence-corrected chi connectivity index (χ0v) is 9.83. The predicted molar refractivity (Wildman–Crippen MR) is 62.5 cm³/mol. The van der Waals surface area contributed by atoms with E-state index in [1.165, 1.54) is 43.6 Å². The molecule has 1 aliphatic rings. The fourth-order valence-electron chi connectivity index (χ4n) is 1.86. The summed E-state index contributed by atoms with van der Waals surface area (Å²) in [4.78, 5) is 0. The number of hydrogen-bond acceptors (Lipinski definition) is 2. The van der Waals surface area contributed by atoms with Crippen LogP contribution in [0.2, 0.25) is 0 Å². The molecule has 0 aromatic heterocycles. The van der Waals surface area contributed by atoms with E-state index in [2.05, 4.69) is 30.9 Å². The summed E-state index contributed by atoms with van der Waals surface area (Å²) >= 11 is 2.10. The third-order valence-electron chi connectivity index (χ3n) is 2.73. The van der Waals surface area contributed by atoms with Crippen molar-refractivity contribution in [2.75, 3.05) is 11.5 Å². The second kappa shape index (κ2) is 6.72. The summed E-state index contributed by atoms with van der Waals surface area (Å²) in [7, 11) is 0.